The largest absolute Gasteiger partial charge is 0.465 e. The molecule has 6 atom stereocenters. The first-order valence-corrected chi connectivity index (χ1v) is 10.3. The molecule has 1 saturated carbocycles. The van der Waals surface area contributed by atoms with Crippen molar-refractivity contribution in [2.45, 2.75) is 84.9 Å². The minimum atomic E-state index is -1.51. The van der Waals surface area contributed by atoms with Gasteiger partial charge in [0.15, 0.2) is 18.3 Å². The van der Waals surface area contributed by atoms with E-state index in [-0.39, 0.29) is 19.4 Å². The van der Waals surface area contributed by atoms with Crippen LogP contribution in [0.3, 0.4) is 0 Å². The molecule has 12 nitrogen and oxygen atoms in total. The molecule has 6 unspecified atom stereocenters. The van der Waals surface area contributed by atoms with Crippen LogP contribution in [0.25, 0.3) is 0 Å². The van der Waals surface area contributed by atoms with Gasteiger partial charge in [-0.15, -0.1) is 0 Å². The third-order valence-corrected chi connectivity index (χ3v) is 4.65. The maximum atomic E-state index is 12.0. The Labute approximate surface area is 191 Å². The first-order valence-electron chi connectivity index (χ1n) is 10.3. The highest BCUT2D eigenvalue weighted by Crippen LogP contribution is 2.33. The molecule has 0 bridgehead atoms. The number of ether oxygens (including phenoxy) is 6. The van der Waals surface area contributed by atoms with E-state index in [1.54, 1.807) is 0 Å². The molecule has 0 aromatic rings. The number of carbonyl (C=O) groups is 6. The summed E-state index contributed by atoms with van der Waals surface area (Å²) in [5.74, 6) is -5.20. The summed E-state index contributed by atoms with van der Waals surface area (Å²) in [6.45, 7) is 6.48. The van der Waals surface area contributed by atoms with Crippen molar-refractivity contribution in [3.63, 3.8) is 0 Å². The number of esters is 6. The fourth-order valence-electron chi connectivity index (χ4n) is 3.64. The Hall–Kier alpha value is -3.18. The van der Waals surface area contributed by atoms with Crippen LogP contribution in [0.15, 0.2) is 0 Å². The Morgan fingerprint density at radius 1 is 0.515 bits per heavy atom. The van der Waals surface area contributed by atoms with E-state index in [4.69, 9.17) is 28.4 Å². The fourth-order valence-corrected chi connectivity index (χ4v) is 3.64. The summed E-state index contributed by atoms with van der Waals surface area (Å²) in [6, 6.07) is 0. The molecule has 0 radical (unpaired) electrons. The van der Waals surface area contributed by atoms with Crippen LogP contribution < -0.4 is 0 Å². The molecule has 0 N–H and O–H groups in total. The molecule has 33 heavy (non-hydrogen) atoms. The normalized spacial score (nSPS) is 27.1. The van der Waals surface area contributed by atoms with E-state index in [1.807, 2.05) is 0 Å². The SMILES string of the molecule is CC(=O)OCC1CCC(OC(C)=O)C(OC(C)=O)C(OC(C)=O)C(OC(C)=O)C1OC(C)=O. The molecule has 1 aliphatic carbocycles. The molecular weight excluding hydrogens is 444 g/mol. The van der Waals surface area contributed by atoms with Gasteiger partial charge in [-0.1, -0.05) is 0 Å². The Bertz CT molecular complexity index is 760. The predicted molar refractivity (Wildman–Crippen MR) is 107 cm³/mol. The van der Waals surface area contributed by atoms with Crippen molar-refractivity contribution in [2.24, 2.45) is 5.92 Å². The van der Waals surface area contributed by atoms with E-state index < -0.39 is 72.3 Å². The van der Waals surface area contributed by atoms with Gasteiger partial charge in [-0.2, -0.15) is 0 Å². The second kappa shape index (κ2) is 12.8. The quantitative estimate of drug-likeness (QED) is 0.374. The van der Waals surface area contributed by atoms with Gasteiger partial charge in [-0.3, -0.25) is 28.8 Å². The molecule has 1 rings (SSSR count). The van der Waals surface area contributed by atoms with Crippen LogP contribution in [-0.2, 0) is 57.2 Å². The average molecular weight is 474 g/mol. The lowest BCUT2D eigenvalue weighted by atomic mass is 9.82. The lowest BCUT2D eigenvalue weighted by Gasteiger charge is -2.42. The Kier molecular flexibility index (Phi) is 10.8. The van der Waals surface area contributed by atoms with Crippen LogP contribution in [0, 0.1) is 5.92 Å². The maximum absolute atomic E-state index is 12.0. The number of hydrogen-bond donors (Lipinski definition) is 0. The van der Waals surface area contributed by atoms with Crippen molar-refractivity contribution < 1.29 is 57.2 Å². The van der Waals surface area contributed by atoms with Gasteiger partial charge in [-0.25, -0.2) is 0 Å². The molecule has 0 saturated heterocycles. The van der Waals surface area contributed by atoms with E-state index in [1.165, 1.54) is 6.92 Å². The minimum Gasteiger partial charge on any atom is -0.465 e. The van der Waals surface area contributed by atoms with Gasteiger partial charge in [0, 0.05) is 47.5 Å². The first-order chi connectivity index (χ1) is 15.3. The fraction of sp³-hybridized carbons (Fsp3) is 0.714. The van der Waals surface area contributed by atoms with E-state index >= 15 is 0 Å². The molecule has 0 heterocycles. The van der Waals surface area contributed by atoms with Crippen LogP contribution in [-0.4, -0.2) is 72.9 Å². The van der Waals surface area contributed by atoms with Gasteiger partial charge >= 0.3 is 35.8 Å². The molecule has 1 aliphatic rings. The Morgan fingerprint density at radius 3 is 1.33 bits per heavy atom. The Balaban J connectivity index is 3.65. The molecule has 12 heteroatoms. The zero-order chi connectivity index (χ0) is 25.3. The molecule has 0 aromatic heterocycles. The van der Waals surface area contributed by atoms with Crippen molar-refractivity contribution in [1.29, 1.82) is 0 Å². The monoisotopic (exact) mass is 474 g/mol. The summed E-state index contributed by atoms with van der Waals surface area (Å²) >= 11 is 0. The van der Waals surface area contributed by atoms with Gasteiger partial charge in [0.05, 0.1) is 6.61 Å². The molecule has 186 valence electrons. The van der Waals surface area contributed by atoms with Gasteiger partial charge in [-0.05, 0) is 12.8 Å². The van der Waals surface area contributed by atoms with Gasteiger partial charge < -0.3 is 28.4 Å². The molecule has 1 fully saturated rings. The summed E-state index contributed by atoms with van der Waals surface area (Å²) < 4.78 is 31.9. The van der Waals surface area contributed by atoms with Crippen LogP contribution in [0.2, 0.25) is 0 Å². The number of carbonyl (C=O) groups excluding carboxylic acids is 6. The standard InChI is InChI=1S/C21H30O12/c1-10(22)28-9-16-7-8-17(29-11(2)23)19(31-13(4)25)21(33-15(6)27)20(32-14(5)26)18(16)30-12(3)24/h16-21H,7-9H2,1-6H3. The molecule has 0 spiro atoms. The van der Waals surface area contributed by atoms with Crippen molar-refractivity contribution >= 4 is 35.8 Å². The summed E-state index contributed by atoms with van der Waals surface area (Å²) in [5, 5.41) is 0. The Morgan fingerprint density at radius 2 is 0.909 bits per heavy atom. The van der Waals surface area contributed by atoms with Gasteiger partial charge in [0.2, 0.25) is 0 Å². The highest BCUT2D eigenvalue weighted by atomic mass is 16.6. The zero-order valence-electron chi connectivity index (χ0n) is 19.5. The second-order valence-corrected chi connectivity index (χ2v) is 7.58. The van der Waals surface area contributed by atoms with Crippen molar-refractivity contribution in [3.05, 3.63) is 0 Å². The number of hydrogen-bond acceptors (Lipinski definition) is 12. The van der Waals surface area contributed by atoms with Crippen molar-refractivity contribution in [1.82, 2.24) is 0 Å². The second-order valence-electron chi connectivity index (χ2n) is 7.58. The predicted octanol–water partition coefficient (Wildman–Crippen LogP) is 0.618. The topological polar surface area (TPSA) is 158 Å². The first kappa shape index (κ1) is 27.9. The molecule has 0 aliphatic heterocycles. The summed E-state index contributed by atoms with van der Waals surface area (Å²) in [6.07, 6.45) is -6.51. The van der Waals surface area contributed by atoms with Crippen molar-refractivity contribution in [2.75, 3.05) is 6.61 Å². The van der Waals surface area contributed by atoms with Crippen LogP contribution in [0.1, 0.15) is 54.4 Å². The highest BCUT2D eigenvalue weighted by Gasteiger charge is 2.51. The van der Waals surface area contributed by atoms with Crippen LogP contribution in [0.5, 0.6) is 0 Å². The lowest BCUT2D eigenvalue weighted by Crippen LogP contribution is -2.59. The molecular formula is C21H30O12. The summed E-state index contributed by atoms with van der Waals surface area (Å²) in [5.41, 5.74) is 0. The van der Waals surface area contributed by atoms with Crippen molar-refractivity contribution in [3.8, 4) is 0 Å². The minimum absolute atomic E-state index is 0.0613. The summed E-state index contributed by atoms with van der Waals surface area (Å²) in [7, 11) is 0. The zero-order valence-corrected chi connectivity index (χ0v) is 19.5. The lowest BCUT2D eigenvalue weighted by molar-refractivity contribution is -0.221. The summed E-state index contributed by atoms with van der Waals surface area (Å²) in [4.78, 5) is 70.8. The third kappa shape index (κ3) is 9.46. The van der Waals surface area contributed by atoms with Crippen LogP contribution in [0.4, 0.5) is 0 Å². The highest BCUT2D eigenvalue weighted by molar-refractivity contribution is 5.69. The van der Waals surface area contributed by atoms with Gasteiger partial charge in [0.25, 0.3) is 0 Å². The maximum Gasteiger partial charge on any atom is 0.303 e. The number of rotatable bonds is 7. The third-order valence-electron chi connectivity index (χ3n) is 4.65. The van der Waals surface area contributed by atoms with E-state index in [9.17, 15) is 28.8 Å². The van der Waals surface area contributed by atoms with Gasteiger partial charge in [0.1, 0.15) is 12.2 Å². The molecule has 0 amide bonds. The molecule has 0 aromatic carbocycles. The van der Waals surface area contributed by atoms with E-state index in [0.717, 1.165) is 34.6 Å². The smallest absolute Gasteiger partial charge is 0.303 e. The van der Waals surface area contributed by atoms with E-state index in [2.05, 4.69) is 0 Å². The average Bonchev–Trinajstić information content (AvgIpc) is 2.64. The van der Waals surface area contributed by atoms with E-state index in [0.29, 0.717) is 0 Å². The van der Waals surface area contributed by atoms with Crippen LogP contribution >= 0.6 is 0 Å².